The van der Waals surface area contributed by atoms with Crippen molar-refractivity contribution in [1.82, 2.24) is 0 Å². The molecule has 30 valence electrons. The summed E-state index contributed by atoms with van der Waals surface area (Å²) in [6, 6.07) is 0. The summed E-state index contributed by atoms with van der Waals surface area (Å²) in [5.74, 6) is 0. The van der Waals surface area contributed by atoms with Crippen molar-refractivity contribution in [3.63, 3.8) is 0 Å². The molecule has 0 aliphatic heterocycles. The summed E-state index contributed by atoms with van der Waals surface area (Å²) < 4.78 is 10.9. The van der Waals surface area contributed by atoms with Gasteiger partial charge in [0.2, 0.25) is 0 Å². The Morgan fingerprint density at radius 2 is 2.20 bits per heavy atom. The van der Waals surface area contributed by atoms with Crippen LogP contribution in [0.25, 0.3) is 0 Å². The molecular formula is C3H4BrF. The molecule has 0 atom stereocenters. The maximum absolute atomic E-state index is 11.2. The first-order valence-electron chi connectivity index (χ1n) is 1.24. The molecule has 0 nitrogen and oxygen atoms in total. The topological polar surface area (TPSA) is 0 Å². The average molecular weight is 139 g/mol. The third-order valence-electron chi connectivity index (χ3n) is 0.218. The van der Waals surface area contributed by atoms with Gasteiger partial charge in [0.25, 0.3) is 0 Å². The van der Waals surface area contributed by atoms with Gasteiger partial charge in [0.15, 0.2) is 4.74 Å². The second-order valence-corrected chi connectivity index (χ2v) is 1.34. The van der Waals surface area contributed by atoms with Crippen LogP contribution in [0.15, 0.2) is 10.8 Å². The van der Waals surface area contributed by atoms with Crippen molar-refractivity contribution < 1.29 is 4.39 Å². The van der Waals surface area contributed by atoms with Gasteiger partial charge in [0, 0.05) is 0 Å². The van der Waals surface area contributed by atoms with Crippen LogP contribution in [0.3, 0.4) is 0 Å². The molecule has 0 saturated carbocycles. The lowest BCUT2D eigenvalue weighted by Crippen LogP contribution is -1.40. The van der Waals surface area contributed by atoms with Crippen LogP contribution >= 0.6 is 15.9 Å². The van der Waals surface area contributed by atoms with E-state index in [0.717, 1.165) is 0 Å². The maximum Gasteiger partial charge on any atom is 0.161 e. The molecule has 0 bridgehead atoms. The van der Waals surface area contributed by atoms with Crippen LogP contribution in [0.2, 0.25) is 0 Å². The highest BCUT2D eigenvalue weighted by Gasteiger charge is 1.70. The summed E-state index contributed by atoms with van der Waals surface area (Å²) >= 11 is 2.57. The Hall–Kier alpha value is 0.150. The highest BCUT2D eigenvalue weighted by Crippen LogP contribution is 2.02. The summed E-state index contributed by atoms with van der Waals surface area (Å²) in [6.07, 6.45) is 1.33. The monoisotopic (exact) mass is 138 g/mol. The van der Waals surface area contributed by atoms with Crippen LogP contribution in [-0.4, -0.2) is 0 Å². The first-order valence-corrected chi connectivity index (χ1v) is 2.04. The van der Waals surface area contributed by atoms with Crippen LogP contribution in [0.4, 0.5) is 4.39 Å². The molecule has 0 unspecified atom stereocenters. The molecule has 0 aromatic carbocycles. The van der Waals surface area contributed by atoms with Gasteiger partial charge in [-0.2, -0.15) is 4.39 Å². The van der Waals surface area contributed by atoms with Gasteiger partial charge >= 0.3 is 0 Å². The fourth-order valence-electron chi connectivity index (χ4n) is 0. The first kappa shape index (κ1) is 5.15. The lowest BCUT2D eigenvalue weighted by molar-refractivity contribution is 0.703. The predicted octanol–water partition coefficient (Wildman–Crippen LogP) is 2.21. The summed E-state index contributed by atoms with van der Waals surface area (Å²) in [5, 5.41) is 0. The van der Waals surface area contributed by atoms with E-state index < -0.39 is 0 Å². The lowest BCUT2D eigenvalue weighted by atomic mass is 10.8. The predicted molar refractivity (Wildman–Crippen MR) is 23.8 cm³/mol. The minimum Gasteiger partial charge on any atom is -0.199 e. The fourth-order valence-corrected chi connectivity index (χ4v) is 0. The maximum atomic E-state index is 11.2. The fraction of sp³-hybridized carbons (Fsp3) is 0.333. The van der Waals surface area contributed by atoms with E-state index >= 15 is 0 Å². The molecule has 0 spiro atoms. The number of hydrogen-bond donors (Lipinski definition) is 0. The van der Waals surface area contributed by atoms with Crippen molar-refractivity contribution in [2.75, 3.05) is 0 Å². The van der Waals surface area contributed by atoms with Gasteiger partial charge in [-0.15, -0.1) is 0 Å². The highest BCUT2D eigenvalue weighted by molar-refractivity contribution is 9.11. The minimum atomic E-state index is -0.308. The molecular weight excluding hydrogens is 135 g/mol. The van der Waals surface area contributed by atoms with Crippen molar-refractivity contribution in [1.29, 1.82) is 0 Å². The number of rotatable bonds is 0. The van der Waals surface area contributed by atoms with Crippen molar-refractivity contribution in [2.24, 2.45) is 0 Å². The van der Waals surface area contributed by atoms with Crippen LogP contribution < -0.4 is 0 Å². The normalized spacial score (nSPS) is 12.2. The zero-order valence-electron chi connectivity index (χ0n) is 2.83. The second kappa shape index (κ2) is 2.39. The van der Waals surface area contributed by atoms with Gasteiger partial charge in [0.1, 0.15) is 0 Å². The molecule has 0 aliphatic carbocycles. The van der Waals surface area contributed by atoms with Crippen LogP contribution in [-0.2, 0) is 0 Å². The van der Waals surface area contributed by atoms with E-state index in [0.29, 0.717) is 0 Å². The van der Waals surface area contributed by atoms with E-state index in [9.17, 15) is 4.39 Å². The van der Waals surface area contributed by atoms with Gasteiger partial charge in [-0.1, -0.05) is 0 Å². The van der Waals surface area contributed by atoms with Crippen LogP contribution in [0.1, 0.15) is 6.92 Å². The first-order chi connectivity index (χ1) is 2.27. The zero-order chi connectivity index (χ0) is 4.28. The summed E-state index contributed by atoms with van der Waals surface area (Å²) in [4.78, 5) is 0. The van der Waals surface area contributed by atoms with Gasteiger partial charge in [-0.25, -0.2) is 0 Å². The van der Waals surface area contributed by atoms with E-state index in [4.69, 9.17) is 0 Å². The summed E-state index contributed by atoms with van der Waals surface area (Å²) in [6.45, 7) is 1.62. The van der Waals surface area contributed by atoms with E-state index in [1.165, 1.54) is 6.08 Å². The van der Waals surface area contributed by atoms with Gasteiger partial charge in [0.05, 0.1) is 0 Å². The summed E-state index contributed by atoms with van der Waals surface area (Å²) in [7, 11) is 0. The molecule has 2 heteroatoms. The molecule has 0 N–H and O–H groups in total. The van der Waals surface area contributed by atoms with Gasteiger partial charge in [-0.05, 0) is 28.9 Å². The van der Waals surface area contributed by atoms with E-state index in [1.807, 2.05) is 0 Å². The zero-order valence-corrected chi connectivity index (χ0v) is 4.42. The molecule has 0 aliphatic rings. The van der Waals surface area contributed by atoms with Crippen LogP contribution in [0, 0.1) is 0 Å². The molecule has 0 fully saturated rings. The standard InChI is InChI=1S/C3H4BrF/c1-2-3(4)5/h2H,1H3/b3-2+. The SMILES string of the molecule is C/C=C(/F)Br. The quantitative estimate of drug-likeness (QED) is 0.482. The molecule has 5 heavy (non-hydrogen) atoms. The van der Waals surface area contributed by atoms with Crippen molar-refractivity contribution in [2.45, 2.75) is 6.92 Å². The van der Waals surface area contributed by atoms with Gasteiger partial charge in [-0.3, -0.25) is 0 Å². The lowest BCUT2D eigenvalue weighted by Gasteiger charge is -1.65. The molecule has 0 rings (SSSR count). The van der Waals surface area contributed by atoms with Crippen molar-refractivity contribution in [3.8, 4) is 0 Å². The van der Waals surface area contributed by atoms with E-state index in [1.54, 1.807) is 6.92 Å². The molecule has 0 saturated heterocycles. The minimum absolute atomic E-state index is 0.308. The van der Waals surface area contributed by atoms with Crippen LogP contribution in [0.5, 0.6) is 0 Å². The van der Waals surface area contributed by atoms with E-state index in [-0.39, 0.29) is 4.74 Å². The largest absolute Gasteiger partial charge is 0.199 e. The molecule has 0 aromatic heterocycles. The molecule has 0 heterocycles. The Kier molecular flexibility index (Phi) is 2.46. The molecule has 0 amide bonds. The summed E-state index contributed by atoms with van der Waals surface area (Å²) in [5.41, 5.74) is 0. The highest BCUT2D eigenvalue weighted by atomic mass is 79.9. The number of allylic oxidation sites excluding steroid dienone is 1. The second-order valence-electron chi connectivity index (χ2n) is 0.578. The Balaban J connectivity index is 3.14. The Morgan fingerprint density at radius 3 is 2.20 bits per heavy atom. The molecule has 0 radical (unpaired) electrons. The Labute approximate surface area is 38.8 Å². The Bertz CT molecular complexity index is 44.9. The third-order valence-corrected chi connectivity index (χ3v) is 0.676. The average Bonchev–Trinajstić information content (AvgIpc) is 1.38. The Morgan fingerprint density at radius 1 is 2.00 bits per heavy atom. The number of hydrogen-bond acceptors (Lipinski definition) is 0. The third kappa shape index (κ3) is 4.15. The molecule has 0 aromatic rings. The van der Waals surface area contributed by atoms with Crippen molar-refractivity contribution >= 4 is 15.9 Å². The smallest absolute Gasteiger partial charge is 0.161 e. The van der Waals surface area contributed by atoms with Crippen molar-refractivity contribution in [3.05, 3.63) is 10.8 Å². The van der Waals surface area contributed by atoms with Gasteiger partial charge < -0.3 is 0 Å². The number of halogens is 2. The van der Waals surface area contributed by atoms with E-state index in [2.05, 4.69) is 15.9 Å².